The summed E-state index contributed by atoms with van der Waals surface area (Å²) in [5.41, 5.74) is 4.63. The highest BCUT2D eigenvalue weighted by molar-refractivity contribution is 7.89. The third-order valence-corrected chi connectivity index (χ3v) is 12.4. The van der Waals surface area contributed by atoms with Crippen molar-refractivity contribution in [2.45, 2.75) is 63.9 Å². The van der Waals surface area contributed by atoms with E-state index in [1.54, 1.807) is 47.1 Å². The van der Waals surface area contributed by atoms with Crippen LogP contribution in [0.1, 0.15) is 71.5 Å². The molecule has 0 aliphatic carbocycles. The van der Waals surface area contributed by atoms with Crippen molar-refractivity contribution in [2.24, 2.45) is 5.41 Å². The van der Waals surface area contributed by atoms with Gasteiger partial charge in [0.25, 0.3) is 5.91 Å². The van der Waals surface area contributed by atoms with Crippen molar-refractivity contribution >= 4 is 27.0 Å². The second-order valence-electron chi connectivity index (χ2n) is 13.0. The Balaban J connectivity index is 1.14. The van der Waals surface area contributed by atoms with Crippen LogP contribution in [0.3, 0.4) is 0 Å². The number of fused-ring (bicyclic) bond motifs is 1. The van der Waals surface area contributed by atoms with Crippen LogP contribution < -0.4 is 4.74 Å². The maximum atomic E-state index is 13.9. The van der Waals surface area contributed by atoms with Gasteiger partial charge >= 0.3 is 0 Å². The number of benzene rings is 2. The van der Waals surface area contributed by atoms with Crippen molar-refractivity contribution < 1.29 is 17.9 Å². The average Bonchev–Trinajstić information content (AvgIpc) is 3.50. The van der Waals surface area contributed by atoms with E-state index >= 15 is 0 Å². The number of rotatable bonds is 8. The Labute approximate surface area is 271 Å². The number of hydrogen-bond donors (Lipinski definition) is 1. The van der Waals surface area contributed by atoms with Crippen LogP contribution in [0.4, 0.5) is 0 Å². The molecule has 46 heavy (non-hydrogen) atoms. The molecule has 1 N–H and O–H groups in total. The first-order chi connectivity index (χ1) is 22.0. The fraction of sp³-hybridized carbons (Fsp3) is 0.457. The van der Waals surface area contributed by atoms with Crippen molar-refractivity contribution in [3.8, 4) is 5.75 Å². The molecule has 11 heteroatoms. The number of carbonyl (C=O) groups excluding carboxylic acids is 1. The van der Waals surface area contributed by atoms with Crippen LogP contribution in [0.2, 0.25) is 0 Å². The predicted octanol–water partition coefficient (Wildman–Crippen LogP) is 5.48. The average molecular weight is 645 g/mol. The lowest BCUT2D eigenvalue weighted by Gasteiger charge is -2.47. The molecule has 244 valence electrons. The first-order valence-corrected chi connectivity index (χ1v) is 17.5. The Kier molecular flexibility index (Phi) is 8.93. The number of aromatic nitrogens is 3. The summed E-state index contributed by atoms with van der Waals surface area (Å²) >= 11 is 0. The molecular formula is C35H44N6O4S. The third-order valence-electron chi connectivity index (χ3n) is 10.2. The summed E-state index contributed by atoms with van der Waals surface area (Å²) < 4.78 is 34.2. The minimum atomic E-state index is -3.85. The van der Waals surface area contributed by atoms with Crippen LogP contribution in [-0.4, -0.2) is 83.7 Å². The molecule has 0 radical (unpaired) electrons. The summed E-state index contributed by atoms with van der Waals surface area (Å²) in [6, 6.07) is 12.5. The molecule has 1 amide bonds. The summed E-state index contributed by atoms with van der Waals surface area (Å²) in [6.45, 7) is 9.89. The van der Waals surface area contributed by atoms with Gasteiger partial charge in [0, 0.05) is 39.1 Å². The van der Waals surface area contributed by atoms with Gasteiger partial charge in [-0.25, -0.2) is 13.4 Å². The standard InChI is InChI=1S/C35H44N6O4S/c1-24-20-28(45-5)21-25(2)32(24)46(43,44)39(4)26(3)33-37-30-10-6-9-29(31(30)38-33)34(42)41-18-13-35(14-19-41)11-16-40(17-12-35)23-27-8-7-15-36-22-27/h6-10,15,20-22,26H,11-14,16-19,23H2,1-5H3,(H,37,38). The van der Waals surface area contributed by atoms with Gasteiger partial charge in [0.1, 0.15) is 11.6 Å². The number of likely N-dealkylation sites (tertiary alicyclic amines) is 2. The smallest absolute Gasteiger partial charge is 0.256 e. The van der Waals surface area contributed by atoms with E-state index < -0.39 is 16.1 Å². The number of piperidine rings is 2. The predicted molar refractivity (Wildman–Crippen MR) is 178 cm³/mol. The lowest BCUT2D eigenvalue weighted by Crippen LogP contribution is -2.48. The SMILES string of the molecule is COc1cc(C)c(S(=O)(=O)N(C)C(C)c2nc3cccc(C(=O)N4CCC5(CCN(Cc6cccnc6)CC5)CC4)c3[nH]2)c(C)c1. The molecule has 2 saturated heterocycles. The molecule has 1 unspecified atom stereocenters. The van der Waals surface area contributed by atoms with Gasteiger partial charge in [-0.3, -0.25) is 14.7 Å². The van der Waals surface area contributed by atoms with Crippen molar-refractivity contribution in [3.63, 3.8) is 0 Å². The minimum Gasteiger partial charge on any atom is -0.497 e. The number of amides is 1. The zero-order valence-electron chi connectivity index (χ0n) is 27.4. The zero-order chi connectivity index (χ0) is 32.6. The highest BCUT2D eigenvalue weighted by atomic mass is 32.2. The van der Waals surface area contributed by atoms with Crippen LogP contribution in [0, 0.1) is 19.3 Å². The number of nitrogens with zero attached hydrogens (tertiary/aromatic N) is 5. The van der Waals surface area contributed by atoms with E-state index in [1.807, 2.05) is 41.6 Å². The molecule has 0 saturated carbocycles. The van der Waals surface area contributed by atoms with Crippen LogP contribution in [-0.2, 0) is 16.6 Å². The summed E-state index contributed by atoms with van der Waals surface area (Å²) in [4.78, 5) is 30.9. The number of methoxy groups -OCH3 is 1. The van der Waals surface area contributed by atoms with E-state index in [2.05, 4.69) is 20.9 Å². The molecule has 2 aliphatic heterocycles. The number of imidazole rings is 1. The quantitative estimate of drug-likeness (QED) is 0.270. The molecule has 1 spiro atoms. The second kappa shape index (κ2) is 12.8. The zero-order valence-corrected chi connectivity index (χ0v) is 28.2. The fourth-order valence-electron chi connectivity index (χ4n) is 7.18. The Hall–Kier alpha value is -3.80. The van der Waals surface area contributed by atoms with Crippen molar-refractivity contribution in [3.05, 3.63) is 82.9 Å². The number of sulfonamides is 1. The summed E-state index contributed by atoms with van der Waals surface area (Å²) in [5, 5.41) is 0. The van der Waals surface area contributed by atoms with Gasteiger partial charge in [-0.1, -0.05) is 12.1 Å². The fourth-order valence-corrected chi connectivity index (χ4v) is 8.91. The molecule has 2 fully saturated rings. The Morgan fingerprint density at radius 1 is 1.04 bits per heavy atom. The van der Waals surface area contributed by atoms with Crippen molar-refractivity contribution in [1.82, 2.24) is 29.1 Å². The molecular weight excluding hydrogens is 600 g/mol. The molecule has 6 rings (SSSR count). The van der Waals surface area contributed by atoms with Gasteiger partial charge in [-0.2, -0.15) is 4.31 Å². The van der Waals surface area contributed by atoms with E-state index in [0.717, 1.165) is 58.4 Å². The number of H-pyrrole nitrogens is 1. The number of aryl methyl sites for hydroxylation is 2. The molecule has 2 aromatic heterocycles. The summed E-state index contributed by atoms with van der Waals surface area (Å²) in [5.74, 6) is 1.09. The number of pyridine rings is 1. The Morgan fingerprint density at radius 2 is 1.72 bits per heavy atom. The Bertz CT molecular complexity index is 1800. The molecule has 4 aromatic rings. The van der Waals surface area contributed by atoms with Crippen LogP contribution in [0.5, 0.6) is 5.75 Å². The second-order valence-corrected chi connectivity index (χ2v) is 15.0. The Morgan fingerprint density at radius 3 is 2.35 bits per heavy atom. The lowest BCUT2D eigenvalue weighted by molar-refractivity contribution is 0.0286. The first-order valence-electron chi connectivity index (χ1n) is 16.0. The highest BCUT2D eigenvalue weighted by Crippen LogP contribution is 2.42. The number of carbonyl (C=O) groups is 1. The maximum absolute atomic E-state index is 13.9. The first kappa shape index (κ1) is 32.2. The van der Waals surface area contributed by atoms with Crippen molar-refractivity contribution in [1.29, 1.82) is 0 Å². The topological polar surface area (TPSA) is 112 Å². The van der Waals surface area contributed by atoms with E-state index in [1.165, 1.54) is 9.87 Å². The monoisotopic (exact) mass is 644 g/mol. The molecule has 10 nitrogen and oxygen atoms in total. The van der Waals surface area contributed by atoms with Crippen molar-refractivity contribution in [2.75, 3.05) is 40.3 Å². The van der Waals surface area contributed by atoms with Crippen LogP contribution >= 0.6 is 0 Å². The number of nitrogens with one attached hydrogen (secondary N) is 1. The van der Waals surface area contributed by atoms with E-state index in [4.69, 9.17) is 9.72 Å². The third kappa shape index (κ3) is 6.15. The molecule has 2 aromatic carbocycles. The molecule has 4 heterocycles. The maximum Gasteiger partial charge on any atom is 0.256 e. The van der Waals surface area contributed by atoms with Gasteiger partial charge in [0.05, 0.1) is 34.6 Å². The van der Waals surface area contributed by atoms with E-state index in [0.29, 0.717) is 44.7 Å². The number of aromatic amines is 1. The summed E-state index contributed by atoms with van der Waals surface area (Å²) in [7, 11) is -0.721. The van der Waals surface area contributed by atoms with E-state index in [-0.39, 0.29) is 10.8 Å². The van der Waals surface area contributed by atoms with Gasteiger partial charge in [-0.15, -0.1) is 0 Å². The van der Waals surface area contributed by atoms with Gasteiger partial charge in [0.2, 0.25) is 10.0 Å². The normalized spacial score (nSPS) is 17.9. The molecule has 0 bridgehead atoms. The van der Waals surface area contributed by atoms with Gasteiger partial charge in [0.15, 0.2) is 0 Å². The molecule has 2 aliphatic rings. The number of para-hydroxylation sites is 1. The van der Waals surface area contributed by atoms with Crippen LogP contribution in [0.25, 0.3) is 11.0 Å². The highest BCUT2D eigenvalue weighted by Gasteiger charge is 2.39. The minimum absolute atomic E-state index is 0.0113. The summed E-state index contributed by atoms with van der Waals surface area (Å²) in [6.07, 6.45) is 8.08. The largest absolute Gasteiger partial charge is 0.497 e. The number of ether oxygens (including phenoxy) is 1. The molecule has 1 atom stereocenters. The van der Waals surface area contributed by atoms with Gasteiger partial charge in [-0.05, 0) is 112 Å². The number of hydrogen-bond acceptors (Lipinski definition) is 7. The van der Waals surface area contributed by atoms with E-state index in [9.17, 15) is 13.2 Å². The van der Waals surface area contributed by atoms with Gasteiger partial charge < -0.3 is 14.6 Å². The lowest BCUT2D eigenvalue weighted by atomic mass is 9.71. The van der Waals surface area contributed by atoms with Crippen LogP contribution in [0.15, 0.2) is 59.8 Å².